The van der Waals surface area contributed by atoms with Gasteiger partial charge in [-0.25, -0.2) is 0 Å². The van der Waals surface area contributed by atoms with Gasteiger partial charge in [0.15, 0.2) is 0 Å². The van der Waals surface area contributed by atoms with Gasteiger partial charge in [-0.2, -0.15) is 0 Å². The van der Waals surface area contributed by atoms with Crippen LogP contribution in [0.15, 0.2) is 0 Å². The Morgan fingerprint density at radius 3 is 2.47 bits per heavy atom. The Kier molecular flexibility index (Phi) is 5.90. The van der Waals surface area contributed by atoms with E-state index in [9.17, 15) is 0 Å². The first-order valence-corrected chi connectivity index (χ1v) is 6.99. The summed E-state index contributed by atoms with van der Waals surface area (Å²) in [5.74, 6) is 0. The van der Waals surface area contributed by atoms with Crippen molar-refractivity contribution in [1.29, 1.82) is 0 Å². The fraction of sp³-hybridized carbons (Fsp3) is 1.00. The maximum absolute atomic E-state index is 6.07. The second kappa shape index (κ2) is 6.72. The number of hydrogen-bond acceptors (Lipinski definition) is 3. The van der Waals surface area contributed by atoms with Gasteiger partial charge in [-0.3, -0.25) is 0 Å². The minimum atomic E-state index is 0.195. The number of nitrogens with zero attached hydrogens (tertiary/aromatic N) is 1. The lowest BCUT2D eigenvalue weighted by atomic mass is 10.1. The molecule has 0 radical (unpaired) electrons. The number of hydrogen-bond donors (Lipinski definition) is 1. The molecule has 0 aromatic heterocycles. The normalized spacial score (nSPS) is 25.8. The molecule has 1 heterocycles. The van der Waals surface area contributed by atoms with Gasteiger partial charge in [0, 0.05) is 18.6 Å². The Hall–Kier alpha value is -0.120. The van der Waals surface area contributed by atoms with Crippen molar-refractivity contribution in [3.8, 4) is 0 Å². The summed E-state index contributed by atoms with van der Waals surface area (Å²) in [6, 6.07) is 0. The molecule has 17 heavy (non-hydrogen) atoms. The Bertz CT molecular complexity index is 213. The molecular formula is C14H30N2O. The maximum Gasteiger partial charge on any atom is 0.0707 e. The van der Waals surface area contributed by atoms with Crippen LogP contribution in [-0.4, -0.2) is 49.3 Å². The summed E-state index contributed by atoms with van der Waals surface area (Å²) in [6.07, 6.45) is 4.49. The number of rotatable bonds is 6. The standard InChI is InChI=1S/C14H30N2O/c1-6-9-16(5)11-13-8-7-12(17-13)10-15-14(2,3)4/h12-13,15H,6-11H2,1-5H3. The molecule has 2 atom stereocenters. The Morgan fingerprint density at radius 2 is 1.88 bits per heavy atom. The van der Waals surface area contributed by atoms with E-state index in [0.717, 1.165) is 13.1 Å². The third-order valence-corrected chi connectivity index (χ3v) is 3.18. The summed E-state index contributed by atoms with van der Waals surface area (Å²) in [4.78, 5) is 2.38. The van der Waals surface area contributed by atoms with E-state index in [1.807, 2.05) is 0 Å². The van der Waals surface area contributed by atoms with Crippen molar-refractivity contribution in [2.24, 2.45) is 0 Å². The van der Waals surface area contributed by atoms with Gasteiger partial charge in [-0.1, -0.05) is 6.92 Å². The van der Waals surface area contributed by atoms with Crippen LogP contribution in [0.4, 0.5) is 0 Å². The lowest BCUT2D eigenvalue weighted by Gasteiger charge is -2.24. The zero-order valence-electron chi connectivity index (χ0n) is 12.3. The van der Waals surface area contributed by atoms with Gasteiger partial charge in [-0.05, 0) is 53.6 Å². The highest BCUT2D eigenvalue weighted by Gasteiger charge is 2.26. The van der Waals surface area contributed by atoms with Crippen molar-refractivity contribution in [2.75, 3.05) is 26.7 Å². The summed E-state index contributed by atoms with van der Waals surface area (Å²) in [6.45, 7) is 12.1. The second-order valence-corrected chi connectivity index (χ2v) is 6.35. The van der Waals surface area contributed by atoms with E-state index in [2.05, 4.69) is 45.0 Å². The largest absolute Gasteiger partial charge is 0.372 e. The molecule has 1 saturated heterocycles. The van der Waals surface area contributed by atoms with Gasteiger partial charge >= 0.3 is 0 Å². The molecule has 0 saturated carbocycles. The Labute approximate surface area is 107 Å². The summed E-state index contributed by atoms with van der Waals surface area (Å²) < 4.78 is 6.07. The summed E-state index contributed by atoms with van der Waals surface area (Å²) in [7, 11) is 2.19. The van der Waals surface area contributed by atoms with Crippen molar-refractivity contribution in [1.82, 2.24) is 10.2 Å². The van der Waals surface area contributed by atoms with Crippen molar-refractivity contribution in [3.63, 3.8) is 0 Å². The second-order valence-electron chi connectivity index (χ2n) is 6.35. The monoisotopic (exact) mass is 242 g/mol. The molecule has 1 aliphatic rings. The average molecular weight is 242 g/mol. The summed E-state index contributed by atoms with van der Waals surface area (Å²) >= 11 is 0. The summed E-state index contributed by atoms with van der Waals surface area (Å²) in [5, 5.41) is 3.52. The molecule has 1 fully saturated rings. The van der Waals surface area contributed by atoms with E-state index in [-0.39, 0.29) is 5.54 Å². The highest BCUT2D eigenvalue weighted by atomic mass is 16.5. The van der Waals surface area contributed by atoms with Crippen molar-refractivity contribution in [2.45, 2.75) is 64.7 Å². The van der Waals surface area contributed by atoms with Gasteiger partial charge in [0.05, 0.1) is 12.2 Å². The molecule has 3 heteroatoms. The molecule has 0 spiro atoms. The molecule has 2 unspecified atom stereocenters. The lowest BCUT2D eigenvalue weighted by molar-refractivity contribution is 0.0253. The van der Waals surface area contributed by atoms with E-state index >= 15 is 0 Å². The van der Waals surface area contributed by atoms with Crippen LogP contribution < -0.4 is 5.32 Å². The molecular weight excluding hydrogens is 212 g/mol. The van der Waals surface area contributed by atoms with Crippen LogP contribution in [0, 0.1) is 0 Å². The average Bonchev–Trinajstić information content (AvgIpc) is 2.62. The molecule has 3 nitrogen and oxygen atoms in total. The van der Waals surface area contributed by atoms with E-state index in [1.165, 1.54) is 25.8 Å². The zero-order chi connectivity index (χ0) is 12.9. The highest BCUT2D eigenvalue weighted by molar-refractivity contribution is 4.80. The topological polar surface area (TPSA) is 24.5 Å². The molecule has 0 aromatic carbocycles. The van der Waals surface area contributed by atoms with Crippen LogP contribution in [0.25, 0.3) is 0 Å². The van der Waals surface area contributed by atoms with Crippen molar-refractivity contribution in [3.05, 3.63) is 0 Å². The van der Waals surface area contributed by atoms with E-state index in [0.29, 0.717) is 12.2 Å². The Morgan fingerprint density at radius 1 is 1.24 bits per heavy atom. The molecule has 0 amide bonds. The van der Waals surface area contributed by atoms with Gasteiger partial charge in [-0.15, -0.1) is 0 Å². The van der Waals surface area contributed by atoms with E-state index in [1.54, 1.807) is 0 Å². The molecule has 1 N–H and O–H groups in total. The SMILES string of the molecule is CCCN(C)CC1CCC(CNC(C)(C)C)O1. The minimum Gasteiger partial charge on any atom is -0.372 e. The fourth-order valence-electron chi connectivity index (χ4n) is 2.31. The van der Waals surface area contributed by atoms with Crippen molar-refractivity contribution < 1.29 is 4.74 Å². The predicted octanol–water partition coefficient (Wildman–Crippen LogP) is 2.26. The molecule has 1 rings (SSSR count). The first-order chi connectivity index (χ1) is 7.90. The summed E-state index contributed by atoms with van der Waals surface area (Å²) in [5.41, 5.74) is 0.195. The lowest BCUT2D eigenvalue weighted by Crippen LogP contribution is -2.41. The fourth-order valence-corrected chi connectivity index (χ4v) is 2.31. The van der Waals surface area contributed by atoms with Gasteiger partial charge < -0.3 is 15.0 Å². The Balaban J connectivity index is 2.18. The maximum atomic E-state index is 6.07. The molecule has 0 aliphatic carbocycles. The zero-order valence-corrected chi connectivity index (χ0v) is 12.3. The minimum absolute atomic E-state index is 0.195. The van der Waals surface area contributed by atoms with Gasteiger partial charge in [0.25, 0.3) is 0 Å². The number of ether oxygens (including phenoxy) is 1. The third-order valence-electron chi connectivity index (χ3n) is 3.18. The van der Waals surface area contributed by atoms with Crippen LogP contribution in [0.1, 0.15) is 47.0 Å². The van der Waals surface area contributed by atoms with E-state index in [4.69, 9.17) is 4.74 Å². The highest BCUT2D eigenvalue weighted by Crippen LogP contribution is 2.20. The molecule has 102 valence electrons. The molecule has 1 aliphatic heterocycles. The van der Waals surface area contributed by atoms with Crippen LogP contribution in [0.2, 0.25) is 0 Å². The van der Waals surface area contributed by atoms with Crippen LogP contribution >= 0.6 is 0 Å². The first kappa shape index (κ1) is 14.9. The molecule has 0 aromatic rings. The van der Waals surface area contributed by atoms with Gasteiger partial charge in [0.2, 0.25) is 0 Å². The van der Waals surface area contributed by atoms with Crippen LogP contribution in [-0.2, 0) is 4.74 Å². The quantitative estimate of drug-likeness (QED) is 0.773. The first-order valence-electron chi connectivity index (χ1n) is 6.99. The van der Waals surface area contributed by atoms with Crippen molar-refractivity contribution >= 4 is 0 Å². The van der Waals surface area contributed by atoms with Crippen LogP contribution in [0.3, 0.4) is 0 Å². The van der Waals surface area contributed by atoms with Crippen LogP contribution in [0.5, 0.6) is 0 Å². The van der Waals surface area contributed by atoms with Gasteiger partial charge in [0.1, 0.15) is 0 Å². The molecule has 0 bridgehead atoms. The predicted molar refractivity (Wildman–Crippen MR) is 73.4 cm³/mol. The number of likely N-dealkylation sites (N-methyl/N-ethyl adjacent to an activating group) is 1. The number of nitrogens with one attached hydrogen (secondary N) is 1. The van der Waals surface area contributed by atoms with E-state index < -0.39 is 0 Å². The third kappa shape index (κ3) is 6.39. The smallest absolute Gasteiger partial charge is 0.0707 e.